The summed E-state index contributed by atoms with van der Waals surface area (Å²) in [7, 11) is -3.07. The van der Waals surface area contributed by atoms with Crippen LogP contribution < -0.4 is 5.32 Å². The smallest absolute Gasteiger partial charge is 0.173 e. The maximum atomic E-state index is 11.3. The van der Waals surface area contributed by atoms with E-state index in [0.717, 1.165) is 5.56 Å². The number of hydrogen-bond donors (Lipinski definition) is 1. The molecule has 1 heterocycles. The summed E-state index contributed by atoms with van der Waals surface area (Å²) in [4.78, 5) is 0. The minimum absolute atomic E-state index is 0.0658. The maximum absolute atomic E-state index is 11.3. The van der Waals surface area contributed by atoms with Crippen molar-refractivity contribution in [2.75, 3.05) is 5.75 Å². The summed E-state index contributed by atoms with van der Waals surface area (Å²) < 4.78 is 22.7. The predicted octanol–water partition coefficient (Wildman–Crippen LogP) is 3.61. The molecular weight excluding hydrogens is 329 g/mol. The van der Waals surface area contributed by atoms with Gasteiger partial charge in [0.2, 0.25) is 0 Å². The molecule has 0 spiro atoms. The SMILES string of the molecule is CC(NC1C=CS(=O)(=O)C1)c1ccc(Cl)c(Cl)c1Cl. The first-order valence-corrected chi connectivity index (χ1v) is 8.45. The Kier molecular flexibility index (Phi) is 4.48. The Bertz CT molecular complexity index is 628. The Morgan fingerprint density at radius 3 is 2.53 bits per heavy atom. The summed E-state index contributed by atoms with van der Waals surface area (Å²) in [5.74, 6) is 0.0658. The topological polar surface area (TPSA) is 46.2 Å². The molecule has 1 aliphatic heterocycles. The van der Waals surface area contributed by atoms with Crippen LogP contribution in [0.1, 0.15) is 18.5 Å². The monoisotopic (exact) mass is 339 g/mol. The van der Waals surface area contributed by atoms with Crippen LogP contribution in [0.3, 0.4) is 0 Å². The van der Waals surface area contributed by atoms with Gasteiger partial charge in [-0.15, -0.1) is 0 Å². The number of sulfone groups is 1. The maximum Gasteiger partial charge on any atom is 0.173 e. The van der Waals surface area contributed by atoms with Gasteiger partial charge in [-0.05, 0) is 18.6 Å². The molecule has 0 radical (unpaired) electrons. The van der Waals surface area contributed by atoms with E-state index in [0.29, 0.717) is 15.1 Å². The van der Waals surface area contributed by atoms with Gasteiger partial charge in [-0.1, -0.05) is 46.9 Å². The molecule has 7 heteroatoms. The van der Waals surface area contributed by atoms with Crippen molar-refractivity contribution in [3.63, 3.8) is 0 Å². The van der Waals surface area contributed by atoms with Gasteiger partial charge in [-0.2, -0.15) is 0 Å². The van der Waals surface area contributed by atoms with Crippen molar-refractivity contribution in [1.29, 1.82) is 0 Å². The fraction of sp³-hybridized carbons (Fsp3) is 0.333. The van der Waals surface area contributed by atoms with E-state index in [9.17, 15) is 8.42 Å². The van der Waals surface area contributed by atoms with Gasteiger partial charge in [-0.25, -0.2) is 8.42 Å². The molecule has 0 bridgehead atoms. The second-order valence-electron chi connectivity index (χ2n) is 4.42. The van der Waals surface area contributed by atoms with Crippen molar-refractivity contribution >= 4 is 44.6 Å². The van der Waals surface area contributed by atoms with Crippen LogP contribution >= 0.6 is 34.8 Å². The van der Waals surface area contributed by atoms with Crippen molar-refractivity contribution in [2.45, 2.75) is 19.0 Å². The third-order valence-corrected chi connectivity index (χ3v) is 5.63. The van der Waals surface area contributed by atoms with Crippen LogP contribution in [0.5, 0.6) is 0 Å². The lowest BCUT2D eigenvalue weighted by molar-refractivity contribution is 0.535. The molecule has 2 unspecified atom stereocenters. The molecule has 0 aromatic heterocycles. The molecule has 19 heavy (non-hydrogen) atoms. The molecule has 104 valence electrons. The predicted molar refractivity (Wildman–Crippen MR) is 79.7 cm³/mol. The van der Waals surface area contributed by atoms with Crippen LogP contribution in [-0.4, -0.2) is 20.2 Å². The molecule has 0 fully saturated rings. The molecule has 0 saturated carbocycles. The zero-order chi connectivity index (χ0) is 14.2. The first-order chi connectivity index (χ1) is 8.80. The number of rotatable bonds is 3. The summed E-state index contributed by atoms with van der Waals surface area (Å²) in [5.41, 5.74) is 0.786. The molecule has 1 aromatic carbocycles. The first-order valence-electron chi connectivity index (χ1n) is 5.60. The Balaban J connectivity index is 2.16. The van der Waals surface area contributed by atoms with Crippen molar-refractivity contribution in [2.24, 2.45) is 0 Å². The average molecular weight is 341 g/mol. The molecule has 1 aliphatic rings. The van der Waals surface area contributed by atoms with E-state index in [-0.39, 0.29) is 17.8 Å². The fourth-order valence-corrected chi connectivity index (χ4v) is 3.92. The fourth-order valence-electron chi connectivity index (χ4n) is 1.97. The van der Waals surface area contributed by atoms with E-state index in [1.807, 2.05) is 6.92 Å². The lowest BCUT2D eigenvalue weighted by Gasteiger charge is -2.20. The van der Waals surface area contributed by atoms with Crippen LogP contribution in [0.25, 0.3) is 0 Å². The Labute approximate surface area is 127 Å². The molecule has 0 saturated heterocycles. The Hall–Kier alpha value is -0.260. The third-order valence-electron chi connectivity index (χ3n) is 2.93. The Morgan fingerprint density at radius 1 is 1.26 bits per heavy atom. The molecule has 0 amide bonds. The zero-order valence-electron chi connectivity index (χ0n) is 10.0. The van der Waals surface area contributed by atoms with Gasteiger partial charge >= 0.3 is 0 Å². The van der Waals surface area contributed by atoms with Crippen LogP contribution in [0.2, 0.25) is 15.1 Å². The minimum atomic E-state index is -3.07. The highest BCUT2D eigenvalue weighted by Gasteiger charge is 2.24. The van der Waals surface area contributed by atoms with Crippen LogP contribution in [-0.2, 0) is 9.84 Å². The molecule has 1 aromatic rings. The molecule has 2 rings (SSSR count). The van der Waals surface area contributed by atoms with Gasteiger partial charge in [-0.3, -0.25) is 0 Å². The van der Waals surface area contributed by atoms with Gasteiger partial charge < -0.3 is 5.32 Å². The van der Waals surface area contributed by atoms with Crippen LogP contribution in [0.15, 0.2) is 23.6 Å². The van der Waals surface area contributed by atoms with E-state index in [1.165, 1.54) is 5.41 Å². The number of benzene rings is 1. The highest BCUT2D eigenvalue weighted by Crippen LogP contribution is 2.35. The summed E-state index contributed by atoms with van der Waals surface area (Å²) in [5, 5.41) is 5.51. The zero-order valence-corrected chi connectivity index (χ0v) is 13.1. The van der Waals surface area contributed by atoms with Gasteiger partial charge in [0.15, 0.2) is 9.84 Å². The van der Waals surface area contributed by atoms with Gasteiger partial charge in [0.1, 0.15) is 0 Å². The van der Waals surface area contributed by atoms with E-state index < -0.39 is 9.84 Å². The van der Waals surface area contributed by atoms with E-state index >= 15 is 0 Å². The van der Waals surface area contributed by atoms with Gasteiger partial charge in [0.25, 0.3) is 0 Å². The quantitative estimate of drug-likeness (QED) is 0.855. The van der Waals surface area contributed by atoms with Crippen molar-refractivity contribution in [1.82, 2.24) is 5.32 Å². The largest absolute Gasteiger partial charge is 0.303 e. The van der Waals surface area contributed by atoms with E-state index in [2.05, 4.69) is 5.32 Å². The number of halogens is 3. The van der Waals surface area contributed by atoms with Crippen molar-refractivity contribution < 1.29 is 8.42 Å². The number of nitrogens with one attached hydrogen (secondary N) is 1. The standard InChI is InChI=1S/C12H12Cl3NO2S/c1-7(16-8-4-5-19(17,18)6-8)9-2-3-10(13)12(15)11(9)14/h2-5,7-8,16H,6H2,1H3. The minimum Gasteiger partial charge on any atom is -0.303 e. The van der Waals surface area contributed by atoms with Gasteiger partial charge in [0, 0.05) is 17.5 Å². The van der Waals surface area contributed by atoms with E-state index in [1.54, 1.807) is 18.2 Å². The lowest BCUT2D eigenvalue weighted by Crippen LogP contribution is -2.32. The molecule has 0 aliphatic carbocycles. The lowest BCUT2D eigenvalue weighted by atomic mass is 10.1. The van der Waals surface area contributed by atoms with Crippen LogP contribution in [0, 0.1) is 0 Å². The molecule has 3 nitrogen and oxygen atoms in total. The van der Waals surface area contributed by atoms with E-state index in [4.69, 9.17) is 34.8 Å². The summed E-state index contributed by atoms with van der Waals surface area (Å²) in [6.07, 6.45) is 1.64. The second kappa shape index (κ2) is 5.62. The Morgan fingerprint density at radius 2 is 1.95 bits per heavy atom. The average Bonchev–Trinajstić information content (AvgIpc) is 2.65. The molecule has 1 N–H and O–H groups in total. The second-order valence-corrected chi connectivity index (χ2v) is 7.51. The van der Waals surface area contributed by atoms with Crippen LogP contribution in [0.4, 0.5) is 0 Å². The summed E-state index contributed by atoms with van der Waals surface area (Å²) >= 11 is 18.0. The highest BCUT2D eigenvalue weighted by molar-refractivity contribution is 7.94. The van der Waals surface area contributed by atoms with Crippen molar-refractivity contribution in [3.8, 4) is 0 Å². The summed E-state index contributed by atoms with van der Waals surface area (Å²) in [6.45, 7) is 1.89. The normalized spacial score (nSPS) is 22.6. The first kappa shape index (κ1) is 15.1. The number of hydrogen-bond acceptors (Lipinski definition) is 3. The third kappa shape index (κ3) is 3.44. The van der Waals surface area contributed by atoms with Crippen molar-refractivity contribution in [3.05, 3.63) is 44.2 Å². The summed E-state index contributed by atoms with van der Waals surface area (Å²) in [6, 6.07) is 3.10. The molecular formula is C12H12Cl3NO2S. The van der Waals surface area contributed by atoms with Gasteiger partial charge in [0.05, 0.1) is 20.8 Å². The molecule has 2 atom stereocenters. The highest BCUT2D eigenvalue weighted by atomic mass is 35.5.